The first kappa shape index (κ1) is 10.5. The zero-order chi connectivity index (χ0) is 4.71. The predicted molar refractivity (Wildman–Crippen MR) is 21.4 cm³/mol. The average molecular weight is 265 g/mol. The molecular formula is CdNiP2S. The van der Waals surface area contributed by atoms with Crippen molar-refractivity contribution >= 4 is 23.4 Å². The molecule has 28 valence electrons. The summed E-state index contributed by atoms with van der Waals surface area (Å²) in [6.07, 6.45) is 0. The molecule has 0 bridgehead atoms. The van der Waals surface area contributed by atoms with Crippen molar-refractivity contribution in [3.63, 3.8) is 0 Å². The SMILES string of the molecule is [P]#[Ni]#[P].[S]=[Cd]. The Bertz CT molecular complexity index is 93.6. The van der Waals surface area contributed by atoms with Crippen molar-refractivity contribution in [1.82, 2.24) is 0 Å². The second-order valence-corrected chi connectivity index (χ2v) is 2.35. The molecule has 5 heteroatoms. The molecule has 0 nitrogen and oxygen atoms in total. The summed E-state index contributed by atoms with van der Waals surface area (Å²) in [4.78, 5) is 0. The summed E-state index contributed by atoms with van der Waals surface area (Å²) in [5.74, 6) is 0. The first-order valence-electron chi connectivity index (χ1n) is 0.572. The van der Waals surface area contributed by atoms with Crippen LogP contribution in [0.4, 0.5) is 0 Å². The summed E-state index contributed by atoms with van der Waals surface area (Å²) in [6.45, 7) is 0. The molecule has 0 heterocycles. The topological polar surface area (TPSA) is 0 Å². The Labute approximate surface area is 58.6 Å². The fraction of sp³-hybridized carbons (Fsp3) is 0. The van der Waals surface area contributed by atoms with E-state index in [9.17, 15) is 0 Å². The zero-order valence-corrected chi connectivity index (χ0v) is 9.96. The molecule has 0 amide bonds. The summed E-state index contributed by atoms with van der Waals surface area (Å²) in [5, 5.41) is 0. The Kier molecular flexibility index (Phi) is 33.6. The predicted octanol–water partition coefficient (Wildman–Crippen LogP) is 2.37. The normalized spacial score (nSPS) is 4.00. The molecule has 0 unspecified atom stereocenters. The van der Waals surface area contributed by atoms with Crippen LogP contribution < -0.4 is 0 Å². The van der Waals surface area contributed by atoms with Crippen molar-refractivity contribution in [2.45, 2.75) is 0 Å². The van der Waals surface area contributed by atoms with Gasteiger partial charge in [0.25, 0.3) is 0 Å². The van der Waals surface area contributed by atoms with Gasteiger partial charge in [0.05, 0.1) is 0 Å². The van der Waals surface area contributed by atoms with Crippen LogP contribution in [0.3, 0.4) is 0 Å². The molecule has 0 aromatic heterocycles. The number of hydrogen-bond donors (Lipinski definition) is 0. The van der Waals surface area contributed by atoms with Crippen LogP contribution in [0.25, 0.3) is 0 Å². The van der Waals surface area contributed by atoms with Crippen molar-refractivity contribution in [2.24, 2.45) is 0 Å². The Morgan fingerprint density at radius 3 is 1.40 bits per heavy atom. The van der Waals surface area contributed by atoms with Gasteiger partial charge in [0.15, 0.2) is 0 Å². The van der Waals surface area contributed by atoms with Gasteiger partial charge in [-0.3, -0.25) is 0 Å². The van der Waals surface area contributed by atoms with E-state index in [4.69, 9.17) is 0 Å². The average Bonchev–Trinajstić information content (AvgIpc) is 1.46. The molecule has 0 radical (unpaired) electrons. The first-order valence-corrected chi connectivity index (χ1v) is 9.31. The molecule has 0 aliphatic rings. The van der Waals surface area contributed by atoms with E-state index in [1.165, 1.54) is 0 Å². The third kappa shape index (κ3) is 21.1. The quantitative estimate of drug-likeness (QED) is 0.478. The first-order chi connectivity index (χ1) is 2.41. The maximum absolute atomic E-state index is 4.25. The van der Waals surface area contributed by atoms with E-state index in [2.05, 4.69) is 23.4 Å². The minimum atomic E-state index is 0.733. The van der Waals surface area contributed by atoms with Crippen LogP contribution in [0.1, 0.15) is 0 Å². The molecule has 0 saturated heterocycles. The van der Waals surface area contributed by atoms with Crippen molar-refractivity contribution < 1.29 is 35.9 Å². The van der Waals surface area contributed by atoms with Gasteiger partial charge in [-0.05, 0) is 0 Å². The van der Waals surface area contributed by atoms with Gasteiger partial charge in [-0.15, -0.1) is 0 Å². The standard InChI is InChI=1S/Cd.Ni.2P.S. The fourth-order valence-electron chi connectivity index (χ4n) is 0. The molecule has 0 rings (SSSR count). The molecule has 5 heavy (non-hydrogen) atoms. The third-order valence-electron chi connectivity index (χ3n) is 0. The van der Waals surface area contributed by atoms with E-state index in [1.807, 2.05) is 0 Å². The maximum atomic E-state index is 4.25. The van der Waals surface area contributed by atoms with Crippen LogP contribution in [-0.2, 0) is 35.9 Å². The van der Waals surface area contributed by atoms with Crippen LogP contribution in [0.15, 0.2) is 0 Å². The molecule has 0 aliphatic carbocycles. The van der Waals surface area contributed by atoms with Crippen LogP contribution in [0, 0.1) is 0 Å². The summed E-state index contributed by atoms with van der Waals surface area (Å²) in [6, 6.07) is 0. The second kappa shape index (κ2) is 16.1. The van der Waals surface area contributed by atoms with Gasteiger partial charge < -0.3 is 0 Å². The van der Waals surface area contributed by atoms with E-state index < -0.39 is 0 Å². The van der Waals surface area contributed by atoms with Gasteiger partial charge in [-0.1, -0.05) is 0 Å². The van der Waals surface area contributed by atoms with Crippen LogP contribution in [0.5, 0.6) is 0 Å². The van der Waals surface area contributed by atoms with Gasteiger partial charge in [0.1, 0.15) is 0 Å². The van der Waals surface area contributed by atoms with E-state index in [-0.39, 0.29) is 0 Å². The fourth-order valence-corrected chi connectivity index (χ4v) is 0. The van der Waals surface area contributed by atoms with Gasteiger partial charge in [0, 0.05) is 0 Å². The number of rotatable bonds is 0. The molecule has 0 aliphatic heterocycles. The van der Waals surface area contributed by atoms with E-state index in [1.54, 1.807) is 0 Å². The molecule has 0 atom stereocenters. The van der Waals surface area contributed by atoms with Crippen LogP contribution >= 0.6 is 23.4 Å². The second-order valence-electron chi connectivity index (χ2n) is 0.0632. The van der Waals surface area contributed by atoms with Gasteiger partial charge in [0.2, 0.25) is 0 Å². The molecular weight excluding hydrogens is 265 g/mol. The number of hydrogen-bond acceptors (Lipinski definition) is 1. The summed E-state index contributed by atoms with van der Waals surface area (Å²) in [7, 11) is 11.4. The Hall–Kier alpha value is 2.50. The van der Waals surface area contributed by atoms with Gasteiger partial charge in [-0.2, -0.15) is 0 Å². The summed E-state index contributed by atoms with van der Waals surface area (Å²) in [5.41, 5.74) is 0. The summed E-state index contributed by atoms with van der Waals surface area (Å²) >= 11 is 1.75. The van der Waals surface area contributed by atoms with E-state index >= 15 is 0 Å². The zero-order valence-electron chi connectivity index (χ0n) is 2.33. The van der Waals surface area contributed by atoms with E-state index in [0.29, 0.717) is 0 Å². The molecule has 0 saturated carbocycles. The van der Waals surface area contributed by atoms with Gasteiger partial charge in [-0.25, -0.2) is 0 Å². The van der Waals surface area contributed by atoms with Crippen molar-refractivity contribution in [2.75, 3.05) is 0 Å². The van der Waals surface area contributed by atoms with Crippen molar-refractivity contribution in [3.05, 3.63) is 0 Å². The molecule has 0 fully saturated rings. The molecule has 0 spiro atoms. The Morgan fingerprint density at radius 2 is 1.40 bits per heavy atom. The third-order valence-corrected chi connectivity index (χ3v) is 0. The van der Waals surface area contributed by atoms with E-state index in [0.717, 1.165) is 35.9 Å². The Morgan fingerprint density at radius 1 is 1.40 bits per heavy atom. The summed E-state index contributed by atoms with van der Waals surface area (Å²) < 4.78 is 0. The van der Waals surface area contributed by atoms with Crippen molar-refractivity contribution in [1.29, 1.82) is 0 Å². The minimum absolute atomic E-state index is 0.733. The monoisotopic (exact) mass is 266 g/mol. The van der Waals surface area contributed by atoms with Gasteiger partial charge >= 0.3 is 59.3 Å². The van der Waals surface area contributed by atoms with Crippen LogP contribution in [0.2, 0.25) is 0 Å². The Balaban J connectivity index is 0. The molecule has 0 aromatic rings. The molecule has 0 N–H and O–H groups in total. The van der Waals surface area contributed by atoms with Crippen molar-refractivity contribution in [3.8, 4) is 0 Å². The molecule has 0 aromatic carbocycles. The van der Waals surface area contributed by atoms with Crippen LogP contribution in [-0.4, -0.2) is 0 Å².